The molecule has 0 amide bonds. The van der Waals surface area contributed by atoms with E-state index in [-0.39, 0.29) is 0 Å². The second-order valence-corrected chi connectivity index (χ2v) is 4.98. The zero-order chi connectivity index (χ0) is 13.9. The molecule has 5 nitrogen and oxygen atoms in total. The fourth-order valence-electron chi connectivity index (χ4n) is 1.89. The summed E-state index contributed by atoms with van der Waals surface area (Å²) < 4.78 is 1.86. The smallest absolute Gasteiger partial charge is 0.307 e. The van der Waals surface area contributed by atoms with Crippen LogP contribution in [0, 0.1) is 12.8 Å². The van der Waals surface area contributed by atoms with Gasteiger partial charge in [0.25, 0.3) is 0 Å². The van der Waals surface area contributed by atoms with Crippen molar-refractivity contribution in [3.8, 4) is 0 Å². The van der Waals surface area contributed by atoms with Gasteiger partial charge in [0.2, 0.25) is 0 Å². The van der Waals surface area contributed by atoms with Gasteiger partial charge in [-0.05, 0) is 20.9 Å². The molecule has 6 heteroatoms. The van der Waals surface area contributed by atoms with Crippen molar-refractivity contribution >= 4 is 17.6 Å². The summed E-state index contributed by atoms with van der Waals surface area (Å²) >= 11 is 6.21. The first kappa shape index (κ1) is 15.0. The molecule has 0 fully saturated rings. The molecule has 0 bridgehead atoms. The molecule has 0 aliphatic heterocycles. The van der Waals surface area contributed by atoms with Crippen molar-refractivity contribution in [1.82, 2.24) is 14.7 Å². The van der Waals surface area contributed by atoms with Crippen LogP contribution in [0.25, 0.3) is 0 Å². The number of rotatable bonds is 6. The van der Waals surface area contributed by atoms with Crippen LogP contribution >= 0.6 is 11.6 Å². The third-order valence-corrected chi connectivity index (χ3v) is 3.37. The molecule has 102 valence electrons. The van der Waals surface area contributed by atoms with Crippen LogP contribution in [0.4, 0.5) is 0 Å². The Hall–Kier alpha value is -1.07. The maximum atomic E-state index is 10.8. The van der Waals surface area contributed by atoms with Crippen molar-refractivity contribution < 1.29 is 9.90 Å². The maximum absolute atomic E-state index is 10.8. The second kappa shape index (κ2) is 6.20. The highest BCUT2D eigenvalue weighted by Crippen LogP contribution is 2.21. The predicted molar refractivity (Wildman–Crippen MR) is 70.8 cm³/mol. The van der Waals surface area contributed by atoms with E-state index in [2.05, 4.69) is 5.10 Å². The zero-order valence-corrected chi connectivity index (χ0v) is 12.0. The lowest BCUT2D eigenvalue weighted by molar-refractivity contribution is -0.141. The van der Waals surface area contributed by atoms with Crippen molar-refractivity contribution in [1.29, 1.82) is 0 Å². The molecule has 0 spiro atoms. The normalized spacial score (nSPS) is 13.0. The van der Waals surface area contributed by atoms with Crippen LogP contribution in [-0.4, -0.2) is 39.3 Å². The van der Waals surface area contributed by atoms with Crippen LogP contribution in [0.5, 0.6) is 0 Å². The molecule has 1 aromatic rings. The maximum Gasteiger partial charge on any atom is 0.307 e. The standard InChI is InChI=1S/C12H20ClN3O2/c1-5-16-10(11(13)9(3)14-16)7-15(4)6-8(2)12(17)18/h8H,5-7H2,1-4H3,(H,17,18). The molecule has 1 atom stereocenters. The highest BCUT2D eigenvalue weighted by atomic mass is 35.5. The number of nitrogens with zero attached hydrogens (tertiary/aromatic N) is 3. The van der Waals surface area contributed by atoms with E-state index in [9.17, 15) is 4.79 Å². The minimum atomic E-state index is -0.784. The Labute approximate surface area is 112 Å². The van der Waals surface area contributed by atoms with Crippen LogP contribution in [0.2, 0.25) is 5.02 Å². The van der Waals surface area contributed by atoms with Crippen molar-refractivity contribution in [2.24, 2.45) is 5.92 Å². The van der Waals surface area contributed by atoms with Crippen LogP contribution in [0.3, 0.4) is 0 Å². The molecule has 0 aliphatic rings. The predicted octanol–water partition coefficient (Wildman–Crippen LogP) is 2.02. The number of aromatic nitrogens is 2. The Kier molecular flexibility index (Phi) is 5.16. The van der Waals surface area contributed by atoms with E-state index in [1.807, 2.05) is 30.5 Å². The molecule has 0 saturated carbocycles. The van der Waals surface area contributed by atoms with Gasteiger partial charge in [-0.25, -0.2) is 0 Å². The number of halogens is 1. The van der Waals surface area contributed by atoms with Crippen LogP contribution < -0.4 is 0 Å². The highest BCUT2D eigenvalue weighted by Gasteiger charge is 2.18. The van der Waals surface area contributed by atoms with E-state index in [4.69, 9.17) is 16.7 Å². The summed E-state index contributed by atoms with van der Waals surface area (Å²) in [5.41, 5.74) is 1.75. The first-order valence-corrected chi connectivity index (χ1v) is 6.37. The number of aliphatic carboxylic acids is 1. The molecule has 1 aromatic heterocycles. The number of hydrogen-bond acceptors (Lipinski definition) is 3. The van der Waals surface area contributed by atoms with Gasteiger partial charge in [-0.15, -0.1) is 0 Å². The molecule has 1 heterocycles. The van der Waals surface area contributed by atoms with Crippen molar-refractivity contribution in [2.45, 2.75) is 33.9 Å². The molecule has 0 saturated heterocycles. The number of carboxylic acid groups (broad SMARTS) is 1. The first-order valence-electron chi connectivity index (χ1n) is 5.99. The molecular weight excluding hydrogens is 254 g/mol. The molecule has 1 N–H and O–H groups in total. The van der Waals surface area contributed by atoms with Crippen LogP contribution in [0.1, 0.15) is 25.2 Å². The lowest BCUT2D eigenvalue weighted by atomic mass is 10.2. The monoisotopic (exact) mass is 273 g/mol. The molecule has 1 rings (SSSR count). The van der Waals surface area contributed by atoms with Gasteiger partial charge < -0.3 is 5.11 Å². The number of carboxylic acids is 1. The Morgan fingerprint density at radius 1 is 1.61 bits per heavy atom. The Bertz CT molecular complexity index is 431. The average molecular weight is 274 g/mol. The average Bonchev–Trinajstić information content (AvgIpc) is 2.56. The van der Waals surface area contributed by atoms with E-state index in [0.717, 1.165) is 17.9 Å². The Morgan fingerprint density at radius 3 is 2.72 bits per heavy atom. The number of aryl methyl sites for hydroxylation is 2. The molecule has 0 aliphatic carbocycles. The molecule has 0 aromatic carbocycles. The van der Waals surface area contributed by atoms with Gasteiger partial charge in [0.05, 0.1) is 22.3 Å². The molecule has 1 unspecified atom stereocenters. The highest BCUT2D eigenvalue weighted by molar-refractivity contribution is 6.31. The van der Waals surface area contributed by atoms with E-state index < -0.39 is 11.9 Å². The zero-order valence-electron chi connectivity index (χ0n) is 11.3. The molecule has 0 radical (unpaired) electrons. The van der Waals surface area contributed by atoms with E-state index >= 15 is 0 Å². The number of carbonyl (C=O) groups is 1. The van der Waals surface area contributed by atoms with Gasteiger partial charge in [-0.2, -0.15) is 5.10 Å². The van der Waals surface area contributed by atoms with Crippen LogP contribution in [-0.2, 0) is 17.9 Å². The van der Waals surface area contributed by atoms with Gasteiger partial charge in [-0.1, -0.05) is 18.5 Å². The van der Waals surface area contributed by atoms with E-state index in [1.54, 1.807) is 6.92 Å². The van der Waals surface area contributed by atoms with Crippen molar-refractivity contribution in [3.63, 3.8) is 0 Å². The SMILES string of the molecule is CCn1nc(C)c(Cl)c1CN(C)CC(C)C(=O)O. The third-order valence-electron chi connectivity index (χ3n) is 2.88. The van der Waals surface area contributed by atoms with Gasteiger partial charge in [-0.3, -0.25) is 14.4 Å². The summed E-state index contributed by atoms with van der Waals surface area (Å²) in [6, 6.07) is 0. The largest absolute Gasteiger partial charge is 0.481 e. The number of hydrogen-bond donors (Lipinski definition) is 1. The van der Waals surface area contributed by atoms with E-state index in [1.165, 1.54) is 0 Å². The summed E-state index contributed by atoms with van der Waals surface area (Å²) in [5, 5.41) is 13.9. The topological polar surface area (TPSA) is 58.4 Å². The second-order valence-electron chi connectivity index (χ2n) is 4.60. The summed E-state index contributed by atoms with van der Waals surface area (Å²) in [5.74, 6) is -1.18. The Morgan fingerprint density at radius 2 is 2.22 bits per heavy atom. The molecule has 18 heavy (non-hydrogen) atoms. The summed E-state index contributed by atoms with van der Waals surface area (Å²) in [6.07, 6.45) is 0. The van der Waals surface area contributed by atoms with Crippen molar-refractivity contribution in [2.75, 3.05) is 13.6 Å². The lowest BCUT2D eigenvalue weighted by Crippen LogP contribution is -2.29. The summed E-state index contributed by atoms with van der Waals surface area (Å²) in [7, 11) is 1.89. The van der Waals surface area contributed by atoms with Crippen molar-refractivity contribution in [3.05, 3.63) is 16.4 Å². The van der Waals surface area contributed by atoms with Crippen LogP contribution in [0.15, 0.2) is 0 Å². The first-order chi connectivity index (χ1) is 8.36. The summed E-state index contributed by atoms with van der Waals surface area (Å²) in [6.45, 7) is 7.42. The quantitative estimate of drug-likeness (QED) is 0.861. The Balaban J connectivity index is 2.75. The fraction of sp³-hybridized carbons (Fsp3) is 0.667. The lowest BCUT2D eigenvalue weighted by Gasteiger charge is -2.19. The van der Waals surface area contributed by atoms with Gasteiger partial charge in [0.1, 0.15) is 0 Å². The van der Waals surface area contributed by atoms with Gasteiger partial charge in [0.15, 0.2) is 0 Å². The van der Waals surface area contributed by atoms with Gasteiger partial charge >= 0.3 is 5.97 Å². The third kappa shape index (κ3) is 3.46. The van der Waals surface area contributed by atoms with Gasteiger partial charge in [0, 0.05) is 19.6 Å². The fourth-order valence-corrected chi connectivity index (χ4v) is 2.08. The van der Waals surface area contributed by atoms with E-state index in [0.29, 0.717) is 18.1 Å². The summed E-state index contributed by atoms with van der Waals surface area (Å²) in [4.78, 5) is 12.8. The minimum absolute atomic E-state index is 0.395. The minimum Gasteiger partial charge on any atom is -0.481 e. The molecular formula is C12H20ClN3O2.